The molecule has 0 fully saturated rings. The topological polar surface area (TPSA) is 59.6 Å². The number of carbonyl (C=O) groups is 1. The number of hydrogen-bond donors (Lipinski definition) is 2. The maximum atomic E-state index is 11.8. The number of rotatable bonds is 7. The molecule has 1 heterocycles. The van der Waals surface area contributed by atoms with E-state index in [1.165, 1.54) is 0 Å². The summed E-state index contributed by atoms with van der Waals surface area (Å²) < 4.78 is 10.7. The molecule has 0 aliphatic carbocycles. The summed E-state index contributed by atoms with van der Waals surface area (Å²) in [6.45, 7) is 5.96. The third-order valence-corrected chi connectivity index (χ3v) is 3.71. The first kappa shape index (κ1) is 15.6. The highest BCUT2D eigenvalue weighted by molar-refractivity contribution is 5.76. The summed E-state index contributed by atoms with van der Waals surface area (Å²) in [5.74, 6) is 1.66. The van der Waals surface area contributed by atoms with Crippen molar-refractivity contribution < 1.29 is 14.3 Å². The van der Waals surface area contributed by atoms with Crippen molar-refractivity contribution in [3.05, 3.63) is 23.8 Å². The highest BCUT2D eigenvalue weighted by atomic mass is 16.7. The molecule has 0 saturated carbocycles. The van der Waals surface area contributed by atoms with Crippen molar-refractivity contribution in [2.75, 3.05) is 26.9 Å². The van der Waals surface area contributed by atoms with Crippen LogP contribution in [-0.2, 0) is 10.2 Å². The van der Waals surface area contributed by atoms with Gasteiger partial charge in [0.05, 0.1) is 0 Å². The Labute approximate surface area is 126 Å². The first-order chi connectivity index (χ1) is 10.0. The van der Waals surface area contributed by atoms with Gasteiger partial charge in [-0.25, -0.2) is 0 Å². The fraction of sp³-hybridized carbons (Fsp3) is 0.562. The Kier molecular flexibility index (Phi) is 5.07. The molecule has 1 aliphatic heterocycles. The number of benzene rings is 1. The Morgan fingerprint density at radius 2 is 2.05 bits per heavy atom. The van der Waals surface area contributed by atoms with Crippen LogP contribution in [0.3, 0.4) is 0 Å². The van der Waals surface area contributed by atoms with E-state index in [9.17, 15) is 4.79 Å². The predicted molar refractivity (Wildman–Crippen MR) is 81.8 cm³/mol. The lowest BCUT2D eigenvalue weighted by Gasteiger charge is -2.26. The predicted octanol–water partition coefficient (Wildman–Crippen LogP) is 1.81. The first-order valence-electron chi connectivity index (χ1n) is 7.34. The van der Waals surface area contributed by atoms with E-state index in [0.717, 1.165) is 30.0 Å². The molecule has 2 rings (SSSR count). The van der Waals surface area contributed by atoms with E-state index in [-0.39, 0.29) is 18.1 Å². The summed E-state index contributed by atoms with van der Waals surface area (Å²) in [6.07, 6.45) is 1.41. The maximum Gasteiger partial charge on any atom is 0.231 e. The molecule has 0 bridgehead atoms. The average molecular weight is 292 g/mol. The Hall–Kier alpha value is -1.75. The Morgan fingerprint density at radius 1 is 1.29 bits per heavy atom. The van der Waals surface area contributed by atoms with Crippen LogP contribution in [0.2, 0.25) is 0 Å². The van der Waals surface area contributed by atoms with Crippen LogP contribution in [0.15, 0.2) is 18.2 Å². The van der Waals surface area contributed by atoms with E-state index in [4.69, 9.17) is 9.47 Å². The van der Waals surface area contributed by atoms with Crippen molar-refractivity contribution in [2.45, 2.75) is 32.1 Å². The fourth-order valence-electron chi connectivity index (χ4n) is 2.25. The minimum atomic E-state index is -0.153. The SMILES string of the molecule is CNCCCC(=O)NCC(C)(C)c1ccc2c(c1)OCO2. The van der Waals surface area contributed by atoms with Crippen LogP contribution in [0.1, 0.15) is 32.3 Å². The number of hydrogen-bond acceptors (Lipinski definition) is 4. The molecule has 116 valence electrons. The zero-order chi connectivity index (χ0) is 15.3. The van der Waals surface area contributed by atoms with Gasteiger partial charge in [0.15, 0.2) is 11.5 Å². The molecule has 0 unspecified atom stereocenters. The molecule has 0 radical (unpaired) electrons. The smallest absolute Gasteiger partial charge is 0.231 e. The monoisotopic (exact) mass is 292 g/mol. The quantitative estimate of drug-likeness (QED) is 0.753. The standard InChI is InChI=1S/C16H24N2O3/c1-16(2,10-18-15(19)5-4-8-17-3)12-6-7-13-14(9-12)21-11-20-13/h6-7,9,17H,4-5,8,10-11H2,1-3H3,(H,18,19). The van der Waals surface area contributed by atoms with Gasteiger partial charge in [-0.15, -0.1) is 0 Å². The van der Waals surface area contributed by atoms with Crippen LogP contribution < -0.4 is 20.1 Å². The summed E-state index contributed by atoms with van der Waals surface area (Å²) in [6, 6.07) is 5.95. The molecule has 5 heteroatoms. The molecule has 5 nitrogen and oxygen atoms in total. The molecule has 1 amide bonds. The zero-order valence-corrected chi connectivity index (χ0v) is 13.0. The summed E-state index contributed by atoms with van der Waals surface area (Å²) in [4.78, 5) is 11.8. The molecule has 2 N–H and O–H groups in total. The van der Waals surface area contributed by atoms with E-state index < -0.39 is 0 Å². The number of fused-ring (bicyclic) bond motifs is 1. The zero-order valence-electron chi connectivity index (χ0n) is 13.0. The van der Waals surface area contributed by atoms with Crippen molar-refractivity contribution in [3.63, 3.8) is 0 Å². The van der Waals surface area contributed by atoms with E-state index in [0.29, 0.717) is 13.0 Å². The van der Waals surface area contributed by atoms with Crippen LogP contribution in [0.5, 0.6) is 11.5 Å². The van der Waals surface area contributed by atoms with Gasteiger partial charge in [-0.3, -0.25) is 4.79 Å². The number of ether oxygens (including phenoxy) is 2. The van der Waals surface area contributed by atoms with Gasteiger partial charge in [-0.05, 0) is 37.7 Å². The lowest BCUT2D eigenvalue weighted by Crippen LogP contribution is -2.36. The highest BCUT2D eigenvalue weighted by Crippen LogP contribution is 2.36. The molecule has 21 heavy (non-hydrogen) atoms. The van der Waals surface area contributed by atoms with E-state index in [1.807, 2.05) is 25.2 Å². The minimum Gasteiger partial charge on any atom is -0.454 e. The van der Waals surface area contributed by atoms with Gasteiger partial charge in [-0.2, -0.15) is 0 Å². The summed E-state index contributed by atoms with van der Waals surface area (Å²) in [5.41, 5.74) is 0.974. The normalized spacial score (nSPS) is 13.3. The molecule has 1 aliphatic rings. The molecule has 1 aromatic rings. The van der Waals surface area contributed by atoms with Crippen molar-refractivity contribution in [1.82, 2.24) is 10.6 Å². The van der Waals surface area contributed by atoms with Crippen LogP contribution in [0.25, 0.3) is 0 Å². The van der Waals surface area contributed by atoms with Crippen LogP contribution >= 0.6 is 0 Å². The number of carbonyl (C=O) groups excluding carboxylic acids is 1. The molecule has 0 aromatic heterocycles. The van der Waals surface area contributed by atoms with Gasteiger partial charge in [0.1, 0.15) is 0 Å². The second-order valence-electron chi connectivity index (χ2n) is 5.94. The van der Waals surface area contributed by atoms with Crippen LogP contribution in [0, 0.1) is 0 Å². The van der Waals surface area contributed by atoms with Crippen molar-refractivity contribution >= 4 is 5.91 Å². The van der Waals surface area contributed by atoms with Crippen LogP contribution in [-0.4, -0.2) is 32.8 Å². The first-order valence-corrected chi connectivity index (χ1v) is 7.34. The second kappa shape index (κ2) is 6.80. The highest BCUT2D eigenvalue weighted by Gasteiger charge is 2.24. The third-order valence-electron chi connectivity index (χ3n) is 3.71. The molecule has 1 aromatic carbocycles. The van der Waals surface area contributed by atoms with Crippen molar-refractivity contribution in [2.24, 2.45) is 0 Å². The maximum absolute atomic E-state index is 11.8. The largest absolute Gasteiger partial charge is 0.454 e. The van der Waals surface area contributed by atoms with Crippen molar-refractivity contribution in [3.8, 4) is 11.5 Å². The summed E-state index contributed by atoms with van der Waals surface area (Å²) in [7, 11) is 1.89. The van der Waals surface area contributed by atoms with Gasteiger partial charge < -0.3 is 20.1 Å². The average Bonchev–Trinajstić information content (AvgIpc) is 2.93. The molecular weight excluding hydrogens is 268 g/mol. The summed E-state index contributed by atoms with van der Waals surface area (Å²) in [5, 5.41) is 6.05. The van der Waals surface area contributed by atoms with E-state index >= 15 is 0 Å². The number of nitrogens with one attached hydrogen (secondary N) is 2. The van der Waals surface area contributed by atoms with Crippen molar-refractivity contribution in [1.29, 1.82) is 0 Å². The Balaban J connectivity index is 1.90. The minimum absolute atomic E-state index is 0.0964. The van der Waals surface area contributed by atoms with Gasteiger partial charge in [0.25, 0.3) is 0 Å². The second-order valence-corrected chi connectivity index (χ2v) is 5.94. The Morgan fingerprint density at radius 3 is 2.81 bits per heavy atom. The lowest BCUT2D eigenvalue weighted by atomic mass is 9.84. The van der Waals surface area contributed by atoms with Gasteiger partial charge >= 0.3 is 0 Å². The third kappa shape index (κ3) is 4.11. The van der Waals surface area contributed by atoms with E-state index in [1.54, 1.807) is 0 Å². The number of amides is 1. The molecule has 0 saturated heterocycles. The summed E-state index contributed by atoms with van der Waals surface area (Å²) >= 11 is 0. The Bertz CT molecular complexity index is 500. The molecular formula is C16H24N2O3. The van der Waals surface area contributed by atoms with E-state index in [2.05, 4.69) is 24.5 Å². The van der Waals surface area contributed by atoms with Crippen LogP contribution in [0.4, 0.5) is 0 Å². The van der Waals surface area contributed by atoms with Gasteiger partial charge in [-0.1, -0.05) is 19.9 Å². The molecule has 0 atom stereocenters. The molecule has 0 spiro atoms. The fourth-order valence-corrected chi connectivity index (χ4v) is 2.25. The lowest BCUT2D eigenvalue weighted by molar-refractivity contribution is -0.121. The van der Waals surface area contributed by atoms with Gasteiger partial charge in [0, 0.05) is 18.4 Å². The van der Waals surface area contributed by atoms with Gasteiger partial charge in [0.2, 0.25) is 12.7 Å².